The molecule has 1 aromatic heterocycles. The van der Waals surface area contributed by atoms with Crippen molar-refractivity contribution in [1.82, 2.24) is 10.2 Å². The molecule has 0 aliphatic carbocycles. The van der Waals surface area contributed by atoms with Crippen LogP contribution in [0.2, 0.25) is 5.15 Å². The van der Waals surface area contributed by atoms with Crippen LogP contribution in [0, 0.1) is 0 Å². The third-order valence-corrected chi connectivity index (χ3v) is 3.65. The molecular weight excluding hydrogens is 242 g/mol. The second-order valence-corrected chi connectivity index (χ2v) is 5.80. The zero-order valence-electron chi connectivity index (χ0n) is 8.11. The van der Waals surface area contributed by atoms with Crippen LogP contribution < -0.4 is 5.32 Å². The number of amides is 1. The van der Waals surface area contributed by atoms with E-state index in [9.17, 15) is 13.2 Å². The highest BCUT2D eigenvalue weighted by molar-refractivity contribution is 7.92. The third-order valence-electron chi connectivity index (χ3n) is 1.86. The first-order valence-corrected chi connectivity index (χ1v) is 6.34. The lowest BCUT2D eigenvalue weighted by atomic mass is 10.4. The van der Waals surface area contributed by atoms with Gasteiger partial charge in [-0.05, 0) is 6.92 Å². The zero-order chi connectivity index (χ0) is 11.6. The van der Waals surface area contributed by atoms with Crippen LogP contribution in [0.25, 0.3) is 0 Å². The Balaban J connectivity index is 2.77. The first kappa shape index (κ1) is 12.0. The average molecular weight is 252 g/mol. The van der Waals surface area contributed by atoms with Gasteiger partial charge in [-0.3, -0.25) is 9.89 Å². The molecule has 0 aromatic carbocycles. The van der Waals surface area contributed by atoms with Crippen LogP contribution in [0.5, 0.6) is 0 Å². The van der Waals surface area contributed by atoms with E-state index in [1.807, 2.05) is 0 Å². The highest BCUT2D eigenvalue weighted by Gasteiger charge is 2.24. The number of hydrogen-bond donors (Lipinski definition) is 2. The summed E-state index contributed by atoms with van der Waals surface area (Å²) in [5.41, 5.74) is 0.261. The number of halogens is 1. The largest absolute Gasteiger partial charge is 0.321 e. The van der Waals surface area contributed by atoms with Crippen LogP contribution in [0.3, 0.4) is 0 Å². The Bertz CT molecular complexity index is 468. The van der Waals surface area contributed by atoms with Crippen LogP contribution in [0.15, 0.2) is 6.20 Å². The van der Waals surface area contributed by atoms with Crippen LogP contribution in [-0.4, -0.2) is 36.0 Å². The molecule has 1 amide bonds. The van der Waals surface area contributed by atoms with E-state index >= 15 is 0 Å². The van der Waals surface area contributed by atoms with E-state index in [-0.39, 0.29) is 10.8 Å². The second-order valence-electron chi connectivity index (χ2n) is 3.06. The number of rotatable bonds is 3. The molecule has 0 aliphatic heterocycles. The van der Waals surface area contributed by atoms with Gasteiger partial charge in [-0.25, -0.2) is 8.42 Å². The number of sulfone groups is 1. The highest BCUT2D eigenvalue weighted by atomic mass is 35.5. The van der Waals surface area contributed by atoms with Crippen molar-refractivity contribution in [3.63, 3.8) is 0 Å². The lowest BCUT2D eigenvalue weighted by molar-refractivity contribution is -0.115. The summed E-state index contributed by atoms with van der Waals surface area (Å²) < 4.78 is 22.1. The molecule has 84 valence electrons. The summed E-state index contributed by atoms with van der Waals surface area (Å²) in [6, 6.07) is 0. The van der Waals surface area contributed by atoms with Crippen molar-refractivity contribution in [2.45, 2.75) is 12.2 Å². The molecule has 1 rings (SSSR count). The van der Waals surface area contributed by atoms with E-state index < -0.39 is 21.0 Å². The first-order chi connectivity index (χ1) is 6.82. The number of carbonyl (C=O) groups excluding carboxylic acids is 1. The molecule has 15 heavy (non-hydrogen) atoms. The predicted molar refractivity (Wildman–Crippen MR) is 56.5 cm³/mol. The maximum absolute atomic E-state index is 11.4. The van der Waals surface area contributed by atoms with Crippen LogP contribution in [-0.2, 0) is 14.6 Å². The normalized spacial score (nSPS) is 13.5. The van der Waals surface area contributed by atoms with Gasteiger partial charge in [0.1, 0.15) is 10.4 Å². The van der Waals surface area contributed by atoms with E-state index in [1.54, 1.807) is 0 Å². The fourth-order valence-corrected chi connectivity index (χ4v) is 1.38. The summed E-state index contributed by atoms with van der Waals surface area (Å²) in [5, 5.41) is 7.37. The minimum Gasteiger partial charge on any atom is -0.321 e. The monoisotopic (exact) mass is 251 g/mol. The van der Waals surface area contributed by atoms with Gasteiger partial charge >= 0.3 is 0 Å². The summed E-state index contributed by atoms with van der Waals surface area (Å²) in [4.78, 5) is 11.4. The van der Waals surface area contributed by atoms with Crippen LogP contribution >= 0.6 is 11.6 Å². The molecule has 0 radical (unpaired) electrons. The number of nitrogens with one attached hydrogen (secondary N) is 2. The van der Waals surface area contributed by atoms with Gasteiger partial charge in [-0.15, -0.1) is 0 Å². The molecule has 1 aromatic rings. The number of hydrogen-bond acceptors (Lipinski definition) is 4. The predicted octanol–water partition coefficient (Wildman–Crippen LogP) is 0.435. The van der Waals surface area contributed by atoms with E-state index in [0.717, 1.165) is 6.26 Å². The number of anilines is 1. The summed E-state index contributed by atoms with van der Waals surface area (Å²) in [5.74, 6) is -0.638. The summed E-state index contributed by atoms with van der Waals surface area (Å²) >= 11 is 5.62. The van der Waals surface area contributed by atoms with Gasteiger partial charge in [0.15, 0.2) is 9.84 Å². The fourth-order valence-electron chi connectivity index (χ4n) is 0.786. The van der Waals surface area contributed by atoms with E-state index in [4.69, 9.17) is 11.6 Å². The van der Waals surface area contributed by atoms with E-state index in [1.165, 1.54) is 13.1 Å². The Kier molecular flexibility index (Phi) is 3.35. The van der Waals surface area contributed by atoms with Gasteiger partial charge in [0.2, 0.25) is 5.91 Å². The second kappa shape index (κ2) is 4.19. The number of aromatic nitrogens is 2. The topological polar surface area (TPSA) is 91.9 Å². The molecule has 0 aliphatic rings. The minimum absolute atomic E-state index is 0.157. The van der Waals surface area contributed by atoms with E-state index in [0.29, 0.717) is 0 Å². The molecule has 1 unspecified atom stereocenters. The van der Waals surface area contributed by atoms with Crippen molar-refractivity contribution >= 4 is 33.0 Å². The first-order valence-electron chi connectivity index (χ1n) is 4.01. The third kappa shape index (κ3) is 2.93. The van der Waals surface area contributed by atoms with Crippen molar-refractivity contribution in [1.29, 1.82) is 0 Å². The number of H-pyrrole nitrogens is 1. The highest BCUT2D eigenvalue weighted by Crippen LogP contribution is 2.17. The van der Waals surface area contributed by atoms with Crippen LogP contribution in [0.1, 0.15) is 6.92 Å². The van der Waals surface area contributed by atoms with E-state index in [2.05, 4.69) is 15.5 Å². The Morgan fingerprint density at radius 2 is 2.27 bits per heavy atom. The maximum Gasteiger partial charge on any atom is 0.242 e. The molecule has 2 N–H and O–H groups in total. The Morgan fingerprint density at radius 1 is 1.67 bits per heavy atom. The van der Waals surface area contributed by atoms with Crippen molar-refractivity contribution in [2.24, 2.45) is 0 Å². The molecule has 0 saturated heterocycles. The summed E-state index contributed by atoms with van der Waals surface area (Å²) in [7, 11) is -3.40. The molecule has 0 fully saturated rings. The van der Waals surface area contributed by atoms with Crippen LogP contribution in [0.4, 0.5) is 5.69 Å². The molecule has 0 spiro atoms. The molecule has 1 atom stereocenters. The molecule has 0 saturated carbocycles. The molecule has 6 nitrogen and oxygen atoms in total. The van der Waals surface area contributed by atoms with Gasteiger partial charge in [-0.2, -0.15) is 5.10 Å². The summed E-state index contributed by atoms with van der Waals surface area (Å²) in [6.45, 7) is 1.30. The van der Waals surface area contributed by atoms with Gasteiger partial charge in [-0.1, -0.05) is 11.6 Å². The molecular formula is C7H10ClN3O3S. The van der Waals surface area contributed by atoms with Crippen molar-refractivity contribution in [2.75, 3.05) is 11.6 Å². The number of carbonyl (C=O) groups is 1. The number of aromatic amines is 1. The molecule has 0 bridgehead atoms. The molecule has 1 heterocycles. The maximum atomic E-state index is 11.4. The van der Waals surface area contributed by atoms with Crippen molar-refractivity contribution in [3.05, 3.63) is 11.3 Å². The van der Waals surface area contributed by atoms with Crippen molar-refractivity contribution < 1.29 is 13.2 Å². The summed E-state index contributed by atoms with van der Waals surface area (Å²) in [6.07, 6.45) is 2.30. The standard InChI is InChI=1S/C7H10ClN3O3S/c1-4(15(2,13)14)7(12)10-5-3-9-11-6(5)8/h3-4H,1-2H3,(H,9,11)(H,10,12). The van der Waals surface area contributed by atoms with Crippen molar-refractivity contribution in [3.8, 4) is 0 Å². The average Bonchev–Trinajstić information content (AvgIpc) is 2.49. The van der Waals surface area contributed by atoms with Gasteiger partial charge in [0.05, 0.1) is 11.9 Å². The minimum atomic E-state index is -3.40. The Labute approximate surface area is 91.9 Å². The fraction of sp³-hybridized carbons (Fsp3) is 0.429. The SMILES string of the molecule is CC(C(=O)Nc1cn[nH]c1Cl)S(C)(=O)=O. The van der Waals surface area contributed by atoms with Gasteiger partial charge in [0, 0.05) is 6.26 Å². The zero-order valence-corrected chi connectivity index (χ0v) is 9.69. The number of nitrogens with zero attached hydrogens (tertiary/aromatic N) is 1. The quantitative estimate of drug-likeness (QED) is 0.815. The smallest absolute Gasteiger partial charge is 0.242 e. The lowest BCUT2D eigenvalue weighted by Gasteiger charge is -2.08. The molecule has 8 heteroatoms. The van der Waals surface area contributed by atoms with Gasteiger partial charge < -0.3 is 5.32 Å². The lowest BCUT2D eigenvalue weighted by Crippen LogP contribution is -2.31. The van der Waals surface area contributed by atoms with Gasteiger partial charge in [0.25, 0.3) is 0 Å². The Morgan fingerprint density at radius 3 is 2.67 bits per heavy atom. The Hall–Kier alpha value is -1.08.